The van der Waals surface area contributed by atoms with Crippen LogP contribution in [0.25, 0.3) is 0 Å². The van der Waals surface area contributed by atoms with E-state index < -0.39 is 0 Å². The molecule has 3 rings (SSSR count). The van der Waals surface area contributed by atoms with Gasteiger partial charge in [0.15, 0.2) is 0 Å². The van der Waals surface area contributed by atoms with Crippen molar-refractivity contribution < 1.29 is 9.18 Å². The molecule has 0 saturated carbocycles. The number of nitrogens with one attached hydrogen (secondary N) is 1. The van der Waals surface area contributed by atoms with E-state index in [0.29, 0.717) is 5.92 Å². The monoisotopic (exact) mass is 337 g/mol. The van der Waals surface area contributed by atoms with Gasteiger partial charge in [0.05, 0.1) is 0 Å². The van der Waals surface area contributed by atoms with Crippen LogP contribution in [-0.4, -0.2) is 55.2 Å². The third kappa shape index (κ3) is 4.53. The van der Waals surface area contributed by atoms with E-state index in [1.165, 1.54) is 12.1 Å². The number of hydrogen-bond acceptors (Lipinski definition) is 3. The Balaban J connectivity index is 1.44. The normalized spacial score (nSPS) is 22.0. The zero-order valence-corrected chi connectivity index (χ0v) is 14.2. The second-order valence-corrected chi connectivity index (χ2v) is 7.44. The zero-order valence-electron chi connectivity index (χ0n) is 13.3. The van der Waals surface area contributed by atoms with Gasteiger partial charge in [-0.2, -0.15) is 11.8 Å². The van der Waals surface area contributed by atoms with Crippen molar-refractivity contribution in [3.63, 3.8) is 0 Å². The summed E-state index contributed by atoms with van der Waals surface area (Å²) in [6.07, 6.45) is 2.15. The summed E-state index contributed by atoms with van der Waals surface area (Å²) < 4.78 is 13.0. The third-order valence-electron chi connectivity index (χ3n) is 4.53. The zero-order chi connectivity index (χ0) is 16.1. The molecule has 2 fully saturated rings. The number of halogens is 1. The summed E-state index contributed by atoms with van der Waals surface area (Å²) in [7, 11) is 0. The Morgan fingerprint density at radius 3 is 2.87 bits per heavy atom. The van der Waals surface area contributed by atoms with Crippen LogP contribution in [0.2, 0.25) is 0 Å². The maximum Gasteiger partial charge on any atom is 0.317 e. The number of benzene rings is 1. The predicted molar refractivity (Wildman–Crippen MR) is 93.6 cm³/mol. The van der Waals surface area contributed by atoms with Gasteiger partial charge in [-0.1, -0.05) is 0 Å². The van der Waals surface area contributed by atoms with Gasteiger partial charge in [0.1, 0.15) is 5.82 Å². The molecule has 1 aromatic rings. The summed E-state index contributed by atoms with van der Waals surface area (Å²) in [5.41, 5.74) is 1.06. The van der Waals surface area contributed by atoms with E-state index in [0.717, 1.165) is 62.8 Å². The predicted octanol–water partition coefficient (Wildman–Crippen LogP) is 2.80. The molecule has 2 aliphatic heterocycles. The van der Waals surface area contributed by atoms with Gasteiger partial charge in [-0.3, -0.25) is 0 Å². The van der Waals surface area contributed by atoms with E-state index in [4.69, 9.17) is 0 Å². The SMILES string of the molecule is O=C(NCC1CCN(c2ccc(F)cc2)C1)N1CCCSCC1. The number of carbonyl (C=O) groups is 1. The van der Waals surface area contributed by atoms with Gasteiger partial charge in [0.2, 0.25) is 0 Å². The summed E-state index contributed by atoms with van der Waals surface area (Å²) in [6.45, 7) is 4.32. The van der Waals surface area contributed by atoms with Gasteiger partial charge in [-0.05, 0) is 48.8 Å². The fourth-order valence-electron chi connectivity index (χ4n) is 3.18. The second-order valence-electron chi connectivity index (χ2n) is 6.22. The fourth-order valence-corrected chi connectivity index (χ4v) is 4.07. The highest BCUT2D eigenvalue weighted by atomic mass is 32.2. The first-order valence-corrected chi connectivity index (χ1v) is 9.49. The lowest BCUT2D eigenvalue weighted by Gasteiger charge is -2.22. The molecule has 1 N–H and O–H groups in total. The Labute approximate surface area is 141 Å². The molecule has 0 radical (unpaired) electrons. The maximum atomic E-state index is 13.0. The van der Waals surface area contributed by atoms with Crippen LogP contribution in [0, 0.1) is 11.7 Å². The highest BCUT2D eigenvalue weighted by Gasteiger charge is 2.24. The molecule has 0 aliphatic carbocycles. The minimum atomic E-state index is -0.202. The average Bonchev–Trinajstić information content (AvgIpc) is 2.86. The number of amides is 2. The van der Waals surface area contributed by atoms with Gasteiger partial charge >= 0.3 is 6.03 Å². The van der Waals surface area contributed by atoms with Crippen molar-refractivity contribution in [1.82, 2.24) is 10.2 Å². The lowest BCUT2D eigenvalue weighted by atomic mass is 10.1. The standard InChI is InChI=1S/C17H24FN3OS/c18-15-2-4-16(5-3-15)21-8-6-14(13-21)12-19-17(22)20-7-1-10-23-11-9-20/h2-5,14H,1,6-13H2,(H,19,22). The molecule has 2 saturated heterocycles. The molecule has 6 heteroatoms. The molecule has 1 aromatic carbocycles. The number of urea groups is 1. The van der Waals surface area contributed by atoms with E-state index in [1.807, 2.05) is 28.8 Å². The van der Waals surface area contributed by atoms with Crippen LogP contribution in [0.5, 0.6) is 0 Å². The summed E-state index contributed by atoms with van der Waals surface area (Å²) in [6, 6.07) is 6.73. The van der Waals surface area contributed by atoms with Crippen LogP contribution in [-0.2, 0) is 0 Å². The average molecular weight is 337 g/mol. The number of nitrogens with zero attached hydrogens (tertiary/aromatic N) is 2. The largest absolute Gasteiger partial charge is 0.371 e. The second kappa shape index (κ2) is 7.90. The molecular weight excluding hydrogens is 313 g/mol. The topological polar surface area (TPSA) is 35.6 Å². The van der Waals surface area contributed by atoms with Crippen molar-refractivity contribution in [1.29, 1.82) is 0 Å². The summed E-state index contributed by atoms with van der Waals surface area (Å²) in [5, 5.41) is 3.09. The molecule has 2 aliphatic rings. The van der Waals surface area contributed by atoms with Crippen LogP contribution < -0.4 is 10.2 Å². The number of anilines is 1. The van der Waals surface area contributed by atoms with Crippen LogP contribution in [0.4, 0.5) is 14.9 Å². The third-order valence-corrected chi connectivity index (χ3v) is 5.58. The molecule has 126 valence electrons. The summed E-state index contributed by atoms with van der Waals surface area (Å²) in [4.78, 5) is 16.4. The molecule has 2 heterocycles. The number of carbonyl (C=O) groups excluding carboxylic acids is 1. The number of thioether (sulfide) groups is 1. The van der Waals surface area contributed by atoms with Gasteiger partial charge in [-0.25, -0.2) is 9.18 Å². The summed E-state index contributed by atoms with van der Waals surface area (Å²) >= 11 is 1.92. The Bertz CT molecular complexity index is 517. The highest BCUT2D eigenvalue weighted by Crippen LogP contribution is 2.23. The van der Waals surface area contributed by atoms with E-state index >= 15 is 0 Å². The first kappa shape index (κ1) is 16.4. The summed E-state index contributed by atoms with van der Waals surface area (Å²) in [5.74, 6) is 2.45. The Morgan fingerprint density at radius 1 is 1.22 bits per heavy atom. The van der Waals surface area contributed by atoms with Gasteiger partial charge < -0.3 is 15.1 Å². The Kier molecular flexibility index (Phi) is 5.65. The van der Waals surface area contributed by atoms with Crippen LogP contribution in [0.15, 0.2) is 24.3 Å². The molecule has 0 aromatic heterocycles. The molecule has 1 unspecified atom stereocenters. The van der Waals surface area contributed by atoms with Crippen molar-refractivity contribution >= 4 is 23.5 Å². The molecule has 2 amide bonds. The molecule has 4 nitrogen and oxygen atoms in total. The van der Waals surface area contributed by atoms with Crippen molar-refractivity contribution in [2.75, 3.05) is 49.1 Å². The molecule has 23 heavy (non-hydrogen) atoms. The minimum Gasteiger partial charge on any atom is -0.371 e. The van der Waals surface area contributed by atoms with Crippen molar-refractivity contribution in [3.05, 3.63) is 30.1 Å². The van der Waals surface area contributed by atoms with E-state index in [9.17, 15) is 9.18 Å². The molecule has 1 atom stereocenters. The molecule has 0 spiro atoms. The minimum absolute atomic E-state index is 0.0766. The Hall–Kier alpha value is -1.43. The van der Waals surface area contributed by atoms with Crippen molar-refractivity contribution in [3.8, 4) is 0 Å². The first-order valence-electron chi connectivity index (χ1n) is 8.33. The number of rotatable bonds is 3. The lowest BCUT2D eigenvalue weighted by Crippen LogP contribution is -2.43. The number of hydrogen-bond donors (Lipinski definition) is 1. The lowest BCUT2D eigenvalue weighted by molar-refractivity contribution is 0.200. The molecule has 0 bridgehead atoms. The van der Waals surface area contributed by atoms with Crippen molar-refractivity contribution in [2.24, 2.45) is 5.92 Å². The van der Waals surface area contributed by atoms with E-state index in [-0.39, 0.29) is 11.8 Å². The molecular formula is C17H24FN3OS. The Morgan fingerprint density at radius 2 is 2.04 bits per heavy atom. The fraction of sp³-hybridized carbons (Fsp3) is 0.588. The van der Waals surface area contributed by atoms with E-state index in [1.54, 1.807) is 0 Å². The van der Waals surface area contributed by atoms with E-state index in [2.05, 4.69) is 10.2 Å². The van der Waals surface area contributed by atoms with Crippen LogP contribution in [0.1, 0.15) is 12.8 Å². The smallest absolute Gasteiger partial charge is 0.317 e. The van der Waals surface area contributed by atoms with Gasteiger partial charge in [0.25, 0.3) is 0 Å². The highest BCUT2D eigenvalue weighted by molar-refractivity contribution is 7.99. The van der Waals surface area contributed by atoms with Gasteiger partial charge in [0, 0.05) is 44.2 Å². The van der Waals surface area contributed by atoms with Crippen LogP contribution >= 0.6 is 11.8 Å². The quantitative estimate of drug-likeness (QED) is 0.921. The van der Waals surface area contributed by atoms with Crippen molar-refractivity contribution in [2.45, 2.75) is 12.8 Å². The van der Waals surface area contributed by atoms with Crippen LogP contribution in [0.3, 0.4) is 0 Å². The maximum absolute atomic E-state index is 13.0. The first-order chi connectivity index (χ1) is 11.2. The van der Waals surface area contributed by atoms with Gasteiger partial charge in [-0.15, -0.1) is 0 Å².